The molecule has 0 unspecified atom stereocenters. The maximum Gasteiger partial charge on any atom is 0.232 e. The molecule has 0 saturated carbocycles. The third-order valence-corrected chi connectivity index (χ3v) is 5.88. The van der Waals surface area contributed by atoms with Gasteiger partial charge in [-0.3, -0.25) is 9.69 Å². The average Bonchev–Trinajstić information content (AvgIpc) is 3.13. The van der Waals surface area contributed by atoms with Crippen molar-refractivity contribution in [1.82, 2.24) is 4.98 Å². The van der Waals surface area contributed by atoms with Crippen LogP contribution in [0, 0.1) is 5.92 Å². The largest absolute Gasteiger partial charge is 0.381 e. The molecule has 3 aromatic rings. The number of thiazole rings is 1. The van der Waals surface area contributed by atoms with E-state index in [2.05, 4.69) is 18.2 Å². The zero-order valence-electron chi connectivity index (χ0n) is 14.6. The smallest absolute Gasteiger partial charge is 0.232 e. The Morgan fingerprint density at radius 2 is 1.81 bits per heavy atom. The lowest BCUT2D eigenvalue weighted by molar-refractivity contribution is -0.125. The Labute approximate surface area is 157 Å². The fraction of sp³-hybridized carbons (Fsp3) is 0.333. The standard InChI is InChI=1S/C21H22N2O2S/c24-20(17-11-14-25-15-12-17)23(13-10-16-6-2-1-3-7-16)21-22-18-8-4-5-9-19(18)26-21/h1-9,17H,10-15H2. The van der Waals surface area contributed by atoms with Crippen LogP contribution >= 0.6 is 11.3 Å². The first kappa shape index (κ1) is 17.2. The topological polar surface area (TPSA) is 42.4 Å². The predicted molar refractivity (Wildman–Crippen MR) is 106 cm³/mol. The second-order valence-electron chi connectivity index (χ2n) is 6.58. The van der Waals surface area contributed by atoms with Crippen molar-refractivity contribution in [2.24, 2.45) is 5.92 Å². The zero-order valence-corrected chi connectivity index (χ0v) is 15.5. The highest BCUT2D eigenvalue weighted by molar-refractivity contribution is 7.22. The van der Waals surface area contributed by atoms with Crippen LogP contribution in [0.1, 0.15) is 18.4 Å². The summed E-state index contributed by atoms with van der Waals surface area (Å²) >= 11 is 1.60. The third-order valence-electron chi connectivity index (χ3n) is 4.82. The monoisotopic (exact) mass is 366 g/mol. The van der Waals surface area contributed by atoms with Crippen LogP contribution in [-0.2, 0) is 16.0 Å². The molecule has 0 radical (unpaired) electrons. The van der Waals surface area contributed by atoms with E-state index in [1.54, 1.807) is 11.3 Å². The molecular weight excluding hydrogens is 344 g/mol. The normalized spacial score (nSPS) is 15.2. The number of nitrogens with zero attached hydrogens (tertiary/aromatic N) is 2. The molecule has 134 valence electrons. The van der Waals surface area contributed by atoms with Crippen molar-refractivity contribution in [1.29, 1.82) is 0 Å². The molecule has 2 heterocycles. The number of ether oxygens (including phenoxy) is 1. The van der Waals surface area contributed by atoms with E-state index in [0.29, 0.717) is 19.8 Å². The van der Waals surface area contributed by atoms with Crippen LogP contribution in [0.2, 0.25) is 0 Å². The van der Waals surface area contributed by atoms with Gasteiger partial charge in [-0.1, -0.05) is 53.8 Å². The van der Waals surface area contributed by atoms with Gasteiger partial charge in [0.2, 0.25) is 5.91 Å². The summed E-state index contributed by atoms with van der Waals surface area (Å²) in [4.78, 5) is 19.9. The number of rotatable bonds is 5. The number of para-hydroxylation sites is 1. The summed E-state index contributed by atoms with van der Waals surface area (Å²) in [6.45, 7) is 1.99. The third kappa shape index (κ3) is 3.79. The minimum absolute atomic E-state index is 0.0338. The van der Waals surface area contributed by atoms with Gasteiger partial charge in [0, 0.05) is 25.7 Å². The molecule has 0 aliphatic carbocycles. The van der Waals surface area contributed by atoms with Gasteiger partial charge in [-0.15, -0.1) is 0 Å². The lowest BCUT2D eigenvalue weighted by atomic mass is 9.98. The van der Waals surface area contributed by atoms with E-state index in [-0.39, 0.29) is 11.8 Å². The summed E-state index contributed by atoms with van der Waals surface area (Å²) in [5.74, 6) is 0.217. The minimum Gasteiger partial charge on any atom is -0.381 e. The molecule has 0 atom stereocenters. The molecular formula is C21H22N2O2S. The van der Waals surface area contributed by atoms with Gasteiger partial charge in [0.15, 0.2) is 5.13 Å². The van der Waals surface area contributed by atoms with E-state index >= 15 is 0 Å². The number of fused-ring (bicyclic) bond motifs is 1. The van der Waals surface area contributed by atoms with Crippen molar-refractivity contribution in [3.63, 3.8) is 0 Å². The summed E-state index contributed by atoms with van der Waals surface area (Å²) in [6, 6.07) is 18.4. The van der Waals surface area contributed by atoms with E-state index in [4.69, 9.17) is 9.72 Å². The molecule has 2 aromatic carbocycles. The first-order valence-corrected chi connectivity index (χ1v) is 9.91. The van der Waals surface area contributed by atoms with Crippen LogP contribution in [0.4, 0.5) is 5.13 Å². The molecule has 1 aliphatic heterocycles. The van der Waals surface area contributed by atoms with E-state index in [0.717, 1.165) is 34.6 Å². The minimum atomic E-state index is 0.0338. The number of hydrogen-bond acceptors (Lipinski definition) is 4. The molecule has 1 saturated heterocycles. The number of amides is 1. The van der Waals surface area contributed by atoms with Gasteiger partial charge in [0.05, 0.1) is 10.2 Å². The molecule has 5 heteroatoms. The Morgan fingerprint density at radius 1 is 1.08 bits per heavy atom. The molecule has 4 rings (SSSR count). The van der Waals surface area contributed by atoms with Crippen LogP contribution < -0.4 is 4.90 Å². The van der Waals surface area contributed by atoms with E-state index in [1.807, 2.05) is 41.3 Å². The highest BCUT2D eigenvalue weighted by Gasteiger charge is 2.28. The molecule has 0 spiro atoms. The van der Waals surface area contributed by atoms with Crippen molar-refractivity contribution in [2.75, 3.05) is 24.7 Å². The first-order valence-electron chi connectivity index (χ1n) is 9.10. The molecule has 1 fully saturated rings. The summed E-state index contributed by atoms with van der Waals surface area (Å²) < 4.78 is 6.55. The van der Waals surface area contributed by atoms with Crippen LogP contribution in [0.15, 0.2) is 54.6 Å². The summed E-state index contributed by atoms with van der Waals surface area (Å²) in [5.41, 5.74) is 2.19. The quantitative estimate of drug-likeness (QED) is 0.676. The van der Waals surface area contributed by atoms with Gasteiger partial charge >= 0.3 is 0 Å². The lowest BCUT2D eigenvalue weighted by Gasteiger charge is -2.27. The molecule has 1 aliphatic rings. The molecule has 4 nitrogen and oxygen atoms in total. The summed E-state index contributed by atoms with van der Waals surface area (Å²) in [5, 5.41) is 0.804. The Morgan fingerprint density at radius 3 is 2.58 bits per heavy atom. The Bertz CT molecular complexity index is 839. The molecule has 1 aromatic heterocycles. The molecule has 26 heavy (non-hydrogen) atoms. The molecule has 1 amide bonds. The summed E-state index contributed by atoms with van der Waals surface area (Å²) in [7, 11) is 0. The van der Waals surface area contributed by atoms with Gasteiger partial charge in [0.25, 0.3) is 0 Å². The predicted octanol–water partition coefficient (Wildman–Crippen LogP) is 4.30. The van der Waals surface area contributed by atoms with E-state index in [1.165, 1.54) is 5.56 Å². The fourth-order valence-corrected chi connectivity index (χ4v) is 4.32. The number of benzene rings is 2. The van der Waals surface area contributed by atoms with Gasteiger partial charge in [-0.05, 0) is 37.0 Å². The number of anilines is 1. The number of carbonyl (C=O) groups is 1. The van der Waals surface area contributed by atoms with Crippen molar-refractivity contribution >= 4 is 32.6 Å². The van der Waals surface area contributed by atoms with Crippen molar-refractivity contribution in [3.8, 4) is 0 Å². The van der Waals surface area contributed by atoms with Crippen molar-refractivity contribution in [3.05, 3.63) is 60.2 Å². The zero-order chi connectivity index (χ0) is 17.8. The van der Waals surface area contributed by atoms with Crippen LogP contribution in [0.25, 0.3) is 10.2 Å². The summed E-state index contributed by atoms with van der Waals surface area (Å²) in [6.07, 6.45) is 2.42. The van der Waals surface area contributed by atoms with Crippen molar-refractivity contribution < 1.29 is 9.53 Å². The fourth-order valence-electron chi connectivity index (χ4n) is 3.33. The number of aromatic nitrogens is 1. The second kappa shape index (κ2) is 7.98. The maximum absolute atomic E-state index is 13.2. The van der Waals surface area contributed by atoms with Gasteiger partial charge in [0.1, 0.15) is 0 Å². The van der Waals surface area contributed by atoms with E-state index in [9.17, 15) is 4.79 Å². The highest BCUT2D eigenvalue weighted by Crippen LogP contribution is 2.31. The average molecular weight is 366 g/mol. The Kier molecular flexibility index (Phi) is 5.27. The van der Waals surface area contributed by atoms with Gasteiger partial charge < -0.3 is 4.74 Å². The van der Waals surface area contributed by atoms with Gasteiger partial charge in [-0.25, -0.2) is 4.98 Å². The van der Waals surface area contributed by atoms with Crippen LogP contribution in [0.5, 0.6) is 0 Å². The Hall–Kier alpha value is -2.24. The van der Waals surface area contributed by atoms with Crippen LogP contribution in [0.3, 0.4) is 0 Å². The lowest BCUT2D eigenvalue weighted by Crippen LogP contribution is -2.39. The van der Waals surface area contributed by atoms with Gasteiger partial charge in [-0.2, -0.15) is 0 Å². The number of carbonyl (C=O) groups excluding carboxylic acids is 1. The maximum atomic E-state index is 13.2. The Balaban J connectivity index is 1.60. The number of hydrogen-bond donors (Lipinski definition) is 0. The molecule has 0 bridgehead atoms. The van der Waals surface area contributed by atoms with Crippen molar-refractivity contribution in [2.45, 2.75) is 19.3 Å². The molecule has 0 N–H and O–H groups in total. The first-order chi connectivity index (χ1) is 12.8. The second-order valence-corrected chi connectivity index (χ2v) is 7.59. The van der Waals surface area contributed by atoms with Crippen LogP contribution in [-0.4, -0.2) is 30.6 Å². The highest BCUT2D eigenvalue weighted by atomic mass is 32.1. The SMILES string of the molecule is O=C(C1CCOCC1)N(CCc1ccccc1)c1nc2ccccc2s1. The van der Waals surface area contributed by atoms with E-state index < -0.39 is 0 Å².